The number of benzene rings is 1. The van der Waals surface area contributed by atoms with Crippen molar-refractivity contribution in [3.63, 3.8) is 0 Å². The van der Waals surface area contributed by atoms with Gasteiger partial charge in [0, 0.05) is 14.7 Å². The number of hydrogen-bond donors (Lipinski definition) is 0. The van der Waals surface area contributed by atoms with Gasteiger partial charge in [0.2, 0.25) is 5.89 Å². The second kappa shape index (κ2) is 6.27. The monoisotopic (exact) mass is 418 g/mol. The number of rotatable bonds is 3. The summed E-state index contributed by atoms with van der Waals surface area (Å²) in [6, 6.07) is 7.75. The molecule has 0 saturated carbocycles. The molecule has 5 nitrogen and oxygen atoms in total. The molecule has 0 atom stereocenters. The Morgan fingerprint density at radius 2 is 1.96 bits per heavy atom. The van der Waals surface area contributed by atoms with Crippen LogP contribution in [0.5, 0.6) is 0 Å². The zero-order valence-electron chi connectivity index (χ0n) is 12.8. The predicted octanol–water partition coefficient (Wildman–Crippen LogP) is 5.27. The van der Waals surface area contributed by atoms with Gasteiger partial charge in [-0.25, -0.2) is 9.97 Å². The van der Waals surface area contributed by atoms with Crippen molar-refractivity contribution in [2.24, 2.45) is 0 Å². The first-order chi connectivity index (χ1) is 11.6. The Hall–Kier alpha value is -1.77. The minimum atomic E-state index is 0.462. The average Bonchev–Trinajstić information content (AvgIpc) is 3.14. The van der Waals surface area contributed by atoms with E-state index in [2.05, 4.69) is 49.9 Å². The molecule has 4 aromatic rings. The third-order valence-electron chi connectivity index (χ3n) is 3.63. The van der Waals surface area contributed by atoms with E-state index in [1.165, 1.54) is 22.2 Å². The molecule has 0 aliphatic carbocycles. The molecule has 0 fully saturated rings. The minimum absolute atomic E-state index is 0.462. The highest BCUT2D eigenvalue weighted by Gasteiger charge is 2.17. The van der Waals surface area contributed by atoms with Gasteiger partial charge in [-0.15, -0.1) is 21.5 Å². The molecule has 0 aliphatic heterocycles. The SMILES string of the molecule is Cc1sc2ncnc(Sc3nnc(-c4ccccc4Br)o3)c2c1C. The van der Waals surface area contributed by atoms with Crippen LogP contribution >= 0.6 is 39.0 Å². The van der Waals surface area contributed by atoms with Crippen molar-refractivity contribution >= 4 is 49.2 Å². The molecule has 4 rings (SSSR count). The maximum absolute atomic E-state index is 5.80. The number of halogens is 1. The molecule has 0 aliphatic rings. The first-order valence-corrected chi connectivity index (χ1v) is 9.53. The summed E-state index contributed by atoms with van der Waals surface area (Å²) < 4.78 is 6.72. The third kappa shape index (κ3) is 2.74. The second-order valence-corrected chi connectivity index (χ2v) is 8.09. The van der Waals surface area contributed by atoms with Gasteiger partial charge in [-0.2, -0.15) is 0 Å². The third-order valence-corrected chi connectivity index (χ3v) is 6.27. The van der Waals surface area contributed by atoms with Crippen molar-refractivity contribution in [1.82, 2.24) is 20.2 Å². The summed E-state index contributed by atoms with van der Waals surface area (Å²) in [5, 5.41) is 10.6. The Bertz CT molecular complexity index is 1040. The van der Waals surface area contributed by atoms with Crippen LogP contribution in [-0.2, 0) is 0 Å². The highest BCUT2D eigenvalue weighted by atomic mass is 79.9. The van der Waals surface area contributed by atoms with E-state index in [9.17, 15) is 0 Å². The van der Waals surface area contributed by atoms with Gasteiger partial charge in [0.1, 0.15) is 16.2 Å². The quantitative estimate of drug-likeness (QED) is 0.422. The van der Waals surface area contributed by atoms with Crippen LogP contribution in [0.25, 0.3) is 21.7 Å². The van der Waals surface area contributed by atoms with Gasteiger partial charge in [0.15, 0.2) is 0 Å². The average molecular weight is 419 g/mol. The van der Waals surface area contributed by atoms with Crippen molar-refractivity contribution in [3.8, 4) is 11.5 Å². The second-order valence-electron chi connectivity index (χ2n) is 5.10. The van der Waals surface area contributed by atoms with E-state index in [0.717, 1.165) is 25.3 Å². The molecule has 120 valence electrons. The summed E-state index contributed by atoms with van der Waals surface area (Å²) in [6.45, 7) is 4.18. The highest BCUT2D eigenvalue weighted by Crippen LogP contribution is 2.38. The van der Waals surface area contributed by atoms with E-state index in [1.807, 2.05) is 24.3 Å². The summed E-state index contributed by atoms with van der Waals surface area (Å²) in [7, 11) is 0. The molecule has 8 heteroatoms. The lowest BCUT2D eigenvalue weighted by Crippen LogP contribution is -1.85. The van der Waals surface area contributed by atoms with Crippen LogP contribution in [0.4, 0.5) is 0 Å². The van der Waals surface area contributed by atoms with Crippen LogP contribution in [0, 0.1) is 13.8 Å². The van der Waals surface area contributed by atoms with Crippen molar-refractivity contribution < 1.29 is 4.42 Å². The summed E-state index contributed by atoms with van der Waals surface area (Å²) in [4.78, 5) is 11.0. The van der Waals surface area contributed by atoms with Crippen LogP contribution in [0.2, 0.25) is 0 Å². The number of hydrogen-bond acceptors (Lipinski definition) is 7. The van der Waals surface area contributed by atoms with E-state index in [0.29, 0.717) is 11.1 Å². The predicted molar refractivity (Wildman–Crippen MR) is 98.4 cm³/mol. The molecular weight excluding hydrogens is 408 g/mol. The molecule has 0 spiro atoms. The van der Waals surface area contributed by atoms with Crippen molar-refractivity contribution in [2.75, 3.05) is 0 Å². The molecule has 0 radical (unpaired) electrons. The molecule has 3 heterocycles. The standard InChI is InChI=1S/C16H11BrN4OS2/c1-8-9(2)23-14-12(8)15(19-7-18-14)24-16-21-20-13(22-16)10-5-3-4-6-11(10)17/h3-7H,1-2H3. The molecular formula is C16H11BrN4OS2. The van der Waals surface area contributed by atoms with Gasteiger partial charge < -0.3 is 4.42 Å². The molecule has 0 unspecified atom stereocenters. The van der Waals surface area contributed by atoms with E-state index < -0.39 is 0 Å². The zero-order chi connectivity index (χ0) is 16.7. The lowest BCUT2D eigenvalue weighted by Gasteiger charge is -2.00. The number of aryl methyl sites for hydroxylation is 2. The van der Waals surface area contributed by atoms with Gasteiger partial charge in [-0.05, 0) is 59.2 Å². The van der Waals surface area contributed by atoms with Gasteiger partial charge >= 0.3 is 0 Å². The number of aromatic nitrogens is 4. The van der Waals surface area contributed by atoms with Gasteiger partial charge in [0.25, 0.3) is 5.22 Å². The van der Waals surface area contributed by atoms with Gasteiger partial charge in [-0.3, -0.25) is 0 Å². The fraction of sp³-hybridized carbons (Fsp3) is 0.125. The summed E-state index contributed by atoms with van der Waals surface area (Å²) in [6.07, 6.45) is 1.57. The van der Waals surface area contributed by atoms with Crippen molar-refractivity contribution in [1.29, 1.82) is 0 Å². The Labute approximate surface area is 154 Å². The fourth-order valence-corrected chi connectivity index (χ4v) is 4.64. The summed E-state index contributed by atoms with van der Waals surface area (Å²) in [5.41, 5.74) is 2.07. The number of fused-ring (bicyclic) bond motifs is 1. The highest BCUT2D eigenvalue weighted by molar-refractivity contribution is 9.10. The van der Waals surface area contributed by atoms with Crippen molar-refractivity contribution in [2.45, 2.75) is 24.1 Å². The molecule has 3 aromatic heterocycles. The summed E-state index contributed by atoms with van der Waals surface area (Å²) >= 11 is 6.54. The van der Waals surface area contributed by atoms with Crippen molar-refractivity contribution in [3.05, 3.63) is 45.5 Å². The zero-order valence-corrected chi connectivity index (χ0v) is 16.0. The molecule has 0 amide bonds. The molecule has 24 heavy (non-hydrogen) atoms. The first-order valence-electron chi connectivity index (χ1n) is 7.10. The Kier molecular flexibility index (Phi) is 4.11. The van der Waals surface area contributed by atoms with E-state index in [4.69, 9.17) is 4.42 Å². The Balaban J connectivity index is 1.72. The lowest BCUT2D eigenvalue weighted by molar-refractivity contribution is 0.465. The van der Waals surface area contributed by atoms with E-state index >= 15 is 0 Å². The normalized spacial score (nSPS) is 11.3. The van der Waals surface area contributed by atoms with E-state index in [1.54, 1.807) is 17.7 Å². The number of nitrogens with zero attached hydrogens (tertiary/aromatic N) is 4. The molecule has 0 N–H and O–H groups in total. The Morgan fingerprint density at radius 3 is 2.79 bits per heavy atom. The smallest absolute Gasteiger partial charge is 0.283 e. The Morgan fingerprint density at radius 1 is 1.12 bits per heavy atom. The largest absolute Gasteiger partial charge is 0.411 e. The fourth-order valence-electron chi connectivity index (χ4n) is 2.30. The van der Waals surface area contributed by atoms with Crippen LogP contribution < -0.4 is 0 Å². The molecule has 0 bridgehead atoms. The number of thiophene rings is 1. The van der Waals surface area contributed by atoms with Crippen LogP contribution in [-0.4, -0.2) is 20.2 Å². The van der Waals surface area contributed by atoms with Crippen LogP contribution in [0.1, 0.15) is 10.4 Å². The molecule has 0 saturated heterocycles. The maximum atomic E-state index is 5.80. The van der Waals surface area contributed by atoms with Crippen LogP contribution in [0.3, 0.4) is 0 Å². The van der Waals surface area contributed by atoms with Gasteiger partial charge in [-0.1, -0.05) is 12.1 Å². The first kappa shape index (κ1) is 15.7. The van der Waals surface area contributed by atoms with E-state index in [-0.39, 0.29) is 0 Å². The van der Waals surface area contributed by atoms with Crippen LogP contribution in [0.15, 0.2) is 49.7 Å². The maximum Gasteiger partial charge on any atom is 0.283 e. The minimum Gasteiger partial charge on any atom is -0.411 e. The lowest BCUT2D eigenvalue weighted by atomic mass is 10.2. The van der Waals surface area contributed by atoms with Gasteiger partial charge in [0.05, 0.1) is 5.56 Å². The summed E-state index contributed by atoms with van der Waals surface area (Å²) in [5.74, 6) is 0.480. The molecule has 1 aromatic carbocycles. The topological polar surface area (TPSA) is 64.7 Å².